The zero-order chi connectivity index (χ0) is 8.91. The predicted octanol–water partition coefficient (Wildman–Crippen LogP) is -0.600. The Hall–Kier alpha value is -0.620. The summed E-state index contributed by atoms with van der Waals surface area (Å²) in [6.07, 6.45) is 0.273. The minimum absolute atomic E-state index is 0.121. The lowest BCUT2D eigenvalue weighted by Crippen LogP contribution is -2.18. The SMILES string of the molecule is CNC(=O)CCCS(=O)(=O)O. The monoisotopic (exact) mass is 181 g/mol. The summed E-state index contributed by atoms with van der Waals surface area (Å²) in [5.74, 6) is -0.589. The number of carbonyl (C=O) groups excluding carboxylic acids is 1. The molecule has 0 atom stereocenters. The van der Waals surface area contributed by atoms with E-state index < -0.39 is 10.1 Å². The second kappa shape index (κ2) is 4.30. The lowest BCUT2D eigenvalue weighted by molar-refractivity contribution is -0.120. The van der Waals surface area contributed by atoms with E-state index in [-0.39, 0.29) is 24.5 Å². The van der Waals surface area contributed by atoms with Gasteiger partial charge < -0.3 is 5.32 Å². The van der Waals surface area contributed by atoms with Gasteiger partial charge in [0.25, 0.3) is 10.1 Å². The van der Waals surface area contributed by atoms with Gasteiger partial charge in [0.15, 0.2) is 0 Å². The van der Waals surface area contributed by atoms with Gasteiger partial charge in [-0.2, -0.15) is 8.42 Å². The lowest BCUT2D eigenvalue weighted by Gasteiger charge is -1.96. The molecule has 0 bridgehead atoms. The summed E-state index contributed by atoms with van der Waals surface area (Å²) < 4.78 is 28.5. The molecule has 11 heavy (non-hydrogen) atoms. The third-order valence-corrected chi connectivity index (χ3v) is 1.89. The molecule has 0 fully saturated rings. The number of rotatable bonds is 4. The van der Waals surface area contributed by atoms with Gasteiger partial charge in [-0.3, -0.25) is 9.35 Å². The highest BCUT2D eigenvalue weighted by Gasteiger charge is 2.05. The number of hydrogen-bond donors (Lipinski definition) is 2. The van der Waals surface area contributed by atoms with Crippen LogP contribution >= 0.6 is 0 Å². The Bertz CT molecular complexity index is 221. The summed E-state index contributed by atoms with van der Waals surface area (Å²) in [5, 5.41) is 2.34. The van der Waals surface area contributed by atoms with Crippen LogP contribution in [0.1, 0.15) is 12.8 Å². The van der Waals surface area contributed by atoms with E-state index in [1.54, 1.807) is 0 Å². The minimum atomic E-state index is -3.91. The van der Waals surface area contributed by atoms with Crippen LogP contribution < -0.4 is 5.32 Å². The molecule has 6 heteroatoms. The Morgan fingerprint density at radius 1 is 1.55 bits per heavy atom. The second-order valence-corrected chi connectivity index (χ2v) is 3.63. The Morgan fingerprint density at radius 2 is 2.09 bits per heavy atom. The summed E-state index contributed by atoms with van der Waals surface area (Å²) in [4.78, 5) is 10.5. The standard InChI is InChI=1S/C5H11NO4S/c1-6-5(7)3-2-4-11(8,9)10/h2-4H2,1H3,(H,6,7)(H,8,9,10). The number of carbonyl (C=O) groups is 1. The largest absolute Gasteiger partial charge is 0.359 e. The van der Waals surface area contributed by atoms with Gasteiger partial charge in [0, 0.05) is 13.5 Å². The van der Waals surface area contributed by atoms with Crippen molar-refractivity contribution in [1.82, 2.24) is 5.32 Å². The molecule has 0 aliphatic heterocycles. The van der Waals surface area contributed by atoms with Crippen LogP contribution in [0, 0.1) is 0 Å². The fourth-order valence-electron chi connectivity index (χ4n) is 0.540. The molecule has 0 rings (SSSR count). The van der Waals surface area contributed by atoms with E-state index >= 15 is 0 Å². The van der Waals surface area contributed by atoms with Gasteiger partial charge in [0.2, 0.25) is 5.91 Å². The summed E-state index contributed by atoms with van der Waals surface area (Å²) in [6.45, 7) is 0. The van der Waals surface area contributed by atoms with Crippen LogP contribution in [0.25, 0.3) is 0 Å². The molecular weight excluding hydrogens is 170 g/mol. The predicted molar refractivity (Wildman–Crippen MR) is 39.7 cm³/mol. The van der Waals surface area contributed by atoms with E-state index in [1.807, 2.05) is 0 Å². The van der Waals surface area contributed by atoms with Gasteiger partial charge in [-0.05, 0) is 6.42 Å². The number of hydrogen-bond acceptors (Lipinski definition) is 3. The van der Waals surface area contributed by atoms with Crippen molar-refractivity contribution in [2.45, 2.75) is 12.8 Å². The van der Waals surface area contributed by atoms with Gasteiger partial charge >= 0.3 is 0 Å². The molecule has 2 N–H and O–H groups in total. The Balaban J connectivity index is 3.51. The van der Waals surface area contributed by atoms with Crippen LogP contribution in [0.15, 0.2) is 0 Å². The summed E-state index contributed by atoms with van der Waals surface area (Å²) in [5.41, 5.74) is 0. The number of amides is 1. The van der Waals surface area contributed by atoms with E-state index in [9.17, 15) is 13.2 Å². The van der Waals surface area contributed by atoms with Crippen LogP contribution in [0.2, 0.25) is 0 Å². The van der Waals surface area contributed by atoms with Crippen molar-refractivity contribution in [3.8, 4) is 0 Å². The normalized spacial score (nSPS) is 11.1. The van der Waals surface area contributed by atoms with Crippen molar-refractivity contribution in [3.63, 3.8) is 0 Å². The van der Waals surface area contributed by atoms with E-state index in [4.69, 9.17) is 4.55 Å². The fourth-order valence-corrected chi connectivity index (χ4v) is 1.05. The molecule has 0 aromatic rings. The van der Waals surface area contributed by atoms with Crippen LogP contribution in [0.5, 0.6) is 0 Å². The van der Waals surface area contributed by atoms with Crippen LogP contribution in [0.3, 0.4) is 0 Å². The van der Waals surface area contributed by atoms with E-state index in [0.29, 0.717) is 0 Å². The smallest absolute Gasteiger partial charge is 0.264 e. The molecule has 0 spiro atoms. The molecule has 0 aliphatic rings. The topological polar surface area (TPSA) is 83.5 Å². The molecule has 0 aliphatic carbocycles. The first-order valence-electron chi connectivity index (χ1n) is 3.11. The molecule has 1 amide bonds. The Labute approximate surface area is 65.5 Å². The summed E-state index contributed by atoms with van der Waals surface area (Å²) >= 11 is 0. The molecule has 66 valence electrons. The maximum atomic E-state index is 10.5. The van der Waals surface area contributed by atoms with Gasteiger partial charge in [0.05, 0.1) is 5.75 Å². The highest BCUT2D eigenvalue weighted by molar-refractivity contribution is 7.85. The quantitative estimate of drug-likeness (QED) is 0.567. The minimum Gasteiger partial charge on any atom is -0.359 e. The first-order valence-corrected chi connectivity index (χ1v) is 4.72. The first kappa shape index (κ1) is 10.4. The van der Waals surface area contributed by atoms with Gasteiger partial charge in [-0.15, -0.1) is 0 Å². The maximum absolute atomic E-state index is 10.5. The average Bonchev–Trinajstić information content (AvgIpc) is 1.85. The van der Waals surface area contributed by atoms with Crippen molar-refractivity contribution < 1.29 is 17.8 Å². The van der Waals surface area contributed by atoms with Gasteiger partial charge in [0.1, 0.15) is 0 Å². The lowest BCUT2D eigenvalue weighted by atomic mass is 10.3. The fraction of sp³-hybridized carbons (Fsp3) is 0.800. The van der Waals surface area contributed by atoms with Crippen molar-refractivity contribution in [2.75, 3.05) is 12.8 Å². The van der Waals surface area contributed by atoms with E-state index in [1.165, 1.54) is 7.05 Å². The van der Waals surface area contributed by atoms with E-state index in [0.717, 1.165) is 0 Å². The summed E-state index contributed by atoms with van der Waals surface area (Å²) in [7, 11) is -2.44. The summed E-state index contributed by atoms with van der Waals surface area (Å²) in [6, 6.07) is 0. The zero-order valence-corrected chi connectivity index (χ0v) is 7.02. The third kappa shape index (κ3) is 7.27. The van der Waals surface area contributed by atoms with Crippen molar-refractivity contribution in [3.05, 3.63) is 0 Å². The first-order chi connectivity index (χ1) is 4.95. The molecule has 0 saturated carbocycles. The van der Waals surface area contributed by atoms with E-state index in [2.05, 4.69) is 5.32 Å². The van der Waals surface area contributed by atoms with Crippen LogP contribution in [-0.2, 0) is 14.9 Å². The molecule has 0 unspecified atom stereocenters. The number of nitrogens with one attached hydrogen (secondary N) is 1. The molecule has 0 aromatic heterocycles. The zero-order valence-electron chi connectivity index (χ0n) is 6.20. The highest BCUT2D eigenvalue weighted by Crippen LogP contribution is 1.92. The molecule has 5 nitrogen and oxygen atoms in total. The molecule has 0 aromatic carbocycles. The van der Waals surface area contributed by atoms with Crippen molar-refractivity contribution in [1.29, 1.82) is 0 Å². The molecule has 0 heterocycles. The Kier molecular flexibility index (Phi) is 4.06. The molecule has 0 radical (unpaired) electrons. The van der Waals surface area contributed by atoms with Gasteiger partial charge in [-0.25, -0.2) is 0 Å². The average molecular weight is 181 g/mol. The van der Waals surface area contributed by atoms with Crippen LogP contribution in [-0.4, -0.2) is 31.7 Å². The van der Waals surface area contributed by atoms with Crippen molar-refractivity contribution in [2.24, 2.45) is 0 Å². The van der Waals surface area contributed by atoms with Crippen LogP contribution in [0.4, 0.5) is 0 Å². The third-order valence-electron chi connectivity index (χ3n) is 1.08. The molecule has 0 saturated heterocycles. The Morgan fingerprint density at radius 3 is 2.45 bits per heavy atom. The highest BCUT2D eigenvalue weighted by atomic mass is 32.2. The second-order valence-electron chi connectivity index (χ2n) is 2.06. The van der Waals surface area contributed by atoms with Gasteiger partial charge in [-0.1, -0.05) is 0 Å². The van der Waals surface area contributed by atoms with Crippen molar-refractivity contribution >= 4 is 16.0 Å². The molecular formula is C5H11NO4S. The maximum Gasteiger partial charge on any atom is 0.264 e.